The van der Waals surface area contributed by atoms with Crippen molar-refractivity contribution in [3.63, 3.8) is 0 Å². The normalized spacial score (nSPS) is 20.9. The molecule has 1 aromatic carbocycles. The number of amides is 2. The first-order chi connectivity index (χ1) is 16.3. The molecule has 178 valence electrons. The number of likely N-dealkylation sites (tertiary alicyclic amines) is 1. The smallest absolute Gasteiger partial charge is 0.357 e. The summed E-state index contributed by atoms with van der Waals surface area (Å²) in [4.78, 5) is 23.7. The van der Waals surface area contributed by atoms with E-state index in [-0.39, 0.29) is 11.4 Å². The maximum absolute atomic E-state index is 12.8. The summed E-state index contributed by atoms with van der Waals surface area (Å²) in [6, 6.07) is 4.25. The number of nitrogens with one attached hydrogen (secondary N) is 2. The zero-order chi connectivity index (χ0) is 23.9. The molecule has 0 bridgehead atoms. The molecule has 1 spiro atoms. The van der Waals surface area contributed by atoms with Gasteiger partial charge < -0.3 is 15.5 Å². The molecule has 2 heterocycles. The molecule has 5 rings (SSSR count). The number of nitrogens with zero attached hydrogens (tertiary/aromatic N) is 3. The van der Waals surface area contributed by atoms with Crippen molar-refractivity contribution in [1.82, 2.24) is 14.9 Å². The average Bonchev–Trinajstić information content (AvgIpc) is 2.84. The number of anilines is 2. The second-order valence-electron chi connectivity index (χ2n) is 9.19. The van der Waals surface area contributed by atoms with Gasteiger partial charge in [-0.25, -0.2) is 14.8 Å². The number of rotatable bonds is 2. The van der Waals surface area contributed by atoms with Crippen molar-refractivity contribution in [1.29, 1.82) is 0 Å². The van der Waals surface area contributed by atoms with Crippen molar-refractivity contribution in [2.75, 3.05) is 30.8 Å². The zero-order valence-corrected chi connectivity index (χ0v) is 18.8. The highest BCUT2D eigenvalue weighted by atomic mass is 19.4. The number of carbonyl (C=O) groups is 1. The summed E-state index contributed by atoms with van der Waals surface area (Å²) in [5, 5.41) is 5.75. The Hall–Kier alpha value is -3.36. The van der Waals surface area contributed by atoms with Crippen LogP contribution in [0, 0.1) is 11.3 Å². The molecular weight excluding hydrogens is 443 g/mol. The third kappa shape index (κ3) is 4.03. The zero-order valence-electron chi connectivity index (χ0n) is 18.8. The molecular formula is C25H26F3N5O. The minimum absolute atomic E-state index is 0.0270. The van der Waals surface area contributed by atoms with Gasteiger partial charge in [0.25, 0.3) is 0 Å². The number of piperidine rings is 1. The van der Waals surface area contributed by atoms with Gasteiger partial charge in [-0.3, -0.25) is 0 Å². The molecule has 1 atom stereocenters. The Balaban J connectivity index is 1.30. The molecule has 1 aliphatic heterocycles. The van der Waals surface area contributed by atoms with E-state index in [4.69, 9.17) is 4.98 Å². The van der Waals surface area contributed by atoms with Crippen molar-refractivity contribution < 1.29 is 18.0 Å². The van der Waals surface area contributed by atoms with E-state index in [0.717, 1.165) is 49.1 Å². The molecule has 1 fully saturated rings. The first-order valence-electron chi connectivity index (χ1n) is 11.4. The quantitative estimate of drug-likeness (QED) is 0.621. The molecule has 2 N–H and O–H groups in total. The molecule has 1 unspecified atom stereocenters. The van der Waals surface area contributed by atoms with Crippen molar-refractivity contribution in [3.8, 4) is 0 Å². The van der Waals surface area contributed by atoms with Crippen LogP contribution in [0.3, 0.4) is 0 Å². The van der Waals surface area contributed by atoms with Crippen LogP contribution in [0.15, 0.2) is 48.7 Å². The highest BCUT2D eigenvalue weighted by Gasteiger charge is 2.47. The van der Waals surface area contributed by atoms with E-state index in [9.17, 15) is 18.0 Å². The van der Waals surface area contributed by atoms with Crippen LogP contribution in [0.25, 0.3) is 5.57 Å². The summed E-state index contributed by atoms with van der Waals surface area (Å²) in [6.45, 7) is 1.18. The summed E-state index contributed by atoms with van der Waals surface area (Å²) in [5.74, 6) is 0.948. The van der Waals surface area contributed by atoms with E-state index in [0.29, 0.717) is 30.6 Å². The van der Waals surface area contributed by atoms with Crippen molar-refractivity contribution in [2.45, 2.75) is 31.9 Å². The van der Waals surface area contributed by atoms with E-state index >= 15 is 0 Å². The minimum atomic E-state index is -4.40. The summed E-state index contributed by atoms with van der Waals surface area (Å²) in [6.07, 6.45) is 7.46. The Morgan fingerprint density at radius 2 is 1.91 bits per heavy atom. The van der Waals surface area contributed by atoms with E-state index in [1.54, 1.807) is 4.90 Å². The van der Waals surface area contributed by atoms with Gasteiger partial charge in [-0.2, -0.15) is 13.2 Å². The fraction of sp³-hybridized carbons (Fsp3) is 0.400. The predicted octanol–water partition coefficient (Wildman–Crippen LogP) is 5.37. The average molecular weight is 470 g/mol. The molecule has 2 aromatic rings. The number of fused-ring (bicyclic) bond motifs is 4. The first-order valence-corrected chi connectivity index (χ1v) is 11.4. The van der Waals surface area contributed by atoms with Crippen molar-refractivity contribution >= 4 is 23.2 Å². The number of alkyl halides is 3. The van der Waals surface area contributed by atoms with Gasteiger partial charge in [0.05, 0.1) is 11.3 Å². The fourth-order valence-corrected chi connectivity index (χ4v) is 5.49. The Labute approximate surface area is 196 Å². The van der Waals surface area contributed by atoms with Crippen LogP contribution in [-0.4, -0.2) is 41.0 Å². The highest BCUT2D eigenvalue weighted by molar-refractivity contribution is 5.89. The lowest BCUT2D eigenvalue weighted by Gasteiger charge is -2.50. The van der Waals surface area contributed by atoms with Gasteiger partial charge in [-0.15, -0.1) is 0 Å². The fourth-order valence-electron chi connectivity index (χ4n) is 5.49. The van der Waals surface area contributed by atoms with Crippen LogP contribution in [0.1, 0.15) is 36.1 Å². The lowest BCUT2D eigenvalue weighted by Crippen LogP contribution is -2.50. The summed E-state index contributed by atoms with van der Waals surface area (Å²) >= 11 is 0. The molecule has 9 heteroatoms. The van der Waals surface area contributed by atoms with Crippen LogP contribution >= 0.6 is 0 Å². The van der Waals surface area contributed by atoms with Gasteiger partial charge >= 0.3 is 12.2 Å². The van der Waals surface area contributed by atoms with E-state index < -0.39 is 11.7 Å². The Morgan fingerprint density at radius 1 is 1.18 bits per heavy atom. The Bertz CT molecular complexity index is 1150. The van der Waals surface area contributed by atoms with Gasteiger partial charge in [0, 0.05) is 32.0 Å². The van der Waals surface area contributed by atoms with Gasteiger partial charge in [0.1, 0.15) is 0 Å². The predicted molar refractivity (Wildman–Crippen MR) is 124 cm³/mol. The third-order valence-corrected chi connectivity index (χ3v) is 7.31. The van der Waals surface area contributed by atoms with E-state index in [1.165, 1.54) is 17.7 Å². The third-order valence-electron chi connectivity index (χ3n) is 7.31. The maximum Gasteiger partial charge on any atom is 0.416 e. The van der Waals surface area contributed by atoms with Crippen LogP contribution in [0.2, 0.25) is 0 Å². The Kier molecular flexibility index (Phi) is 5.58. The second kappa shape index (κ2) is 8.45. The van der Waals surface area contributed by atoms with Gasteiger partial charge in [-0.1, -0.05) is 18.2 Å². The summed E-state index contributed by atoms with van der Waals surface area (Å²) in [7, 11) is 1.81. The Morgan fingerprint density at radius 3 is 2.59 bits per heavy atom. The number of carbonyl (C=O) groups excluding carboxylic acids is 1. The molecule has 34 heavy (non-hydrogen) atoms. The number of halogens is 3. The molecule has 3 aliphatic rings. The van der Waals surface area contributed by atoms with Crippen LogP contribution in [0.4, 0.5) is 29.6 Å². The number of urea groups is 1. The van der Waals surface area contributed by atoms with Crippen LogP contribution < -0.4 is 10.6 Å². The lowest BCUT2D eigenvalue weighted by atomic mass is 9.57. The molecule has 2 aliphatic carbocycles. The lowest BCUT2D eigenvalue weighted by molar-refractivity contribution is -0.137. The van der Waals surface area contributed by atoms with Crippen LogP contribution in [0.5, 0.6) is 0 Å². The van der Waals surface area contributed by atoms with Crippen molar-refractivity contribution in [2.24, 2.45) is 11.3 Å². The monoisotopic (exact) mass is 469 g/mol. The summed E-state index contributed by atoms with van der Waals surface area (Å²) in [5.41, 5.74) is 3.04. The number of hydrogen-bond donors (Lipinski definition) is 2. The SMILES string of the molecule is CNc1ncc2c(n1)C1=CC=CCC1C1(CCN(C(=O)Nc3ccc(C(F)(F)F)cc3)CC1)C2. The summed E-state index contributed by atoms with van der Waals surface area (Å²) < 4.78 is 38.3. The first kappa shape index (κ1) is 22.4. The number of allylic oxidation sites excluding steroid dienone is 4. The standard InChI is InChI=1S/C25H26F3N5O/c1-29-22-30-15-16-14-24(20-5-3-2-4-19(20)21(16)32-22)10-12-33(13-11-24)23(34)31-18-8-6-17(7-9-18)25(26,27)28/h2-4,6-9,15,20H,5,10-14H2,1H3,(H,31,34)(H,29,30,32). The van der Waals surface area contributed by atoms with Crippen molar-refractivity contribution in [3.05, 3.63) is 65.5 Å². The molecule has 6 nitrogen and oxygen atoms in total. The second-order valence-corrected chi connectivity index (χ2v) is 9.19. The molecule has 0 saturated carbocycles. The molecule has 1 saturated heterocycles. The highest BCUT2D eigenvalue weighted by Crippen LogP contribution is 2.54. The van der Waals surface area contributed by atoms with Gasteiger partial charge in [-0.05, 0) is 72.4 Å². The van der Waals surface area contributed by atoms with E-state index in [1.807, 2.05) is 13.2 Å². The topological polar surface area (TPSA) is 70.2 Å². The van der Waals surface area contributed by atoms with E-state index in [2.05, 4.69) is 33.8 Å². The number of benzene rings is 1. The molecule has 2 amide bonds. The maximum atomic E-state index is 12.8. The molecule has 0 radical (unpaired) electrons. The molecule has 1 aromatic heterocycles. The number of hydrogen-bond acceptors (Lipinski definition) is 4. The van der Waals surface area contributed by atoms with Gasteiger partial charge in [0.15, 0.2) is 0 Å². The number of aromatic nitrogens is 2. The van der Waals surface area contributed by atoms with Crippen LogP contribution in [-0.2, 0) is 12.6 Å². The largest absolute Gasteiger partial charge is 0.416 e. The van der Waals surface area contributed by atoms with Gasteiger partial charge in [0.2, 0.25) is 5.95 Å². The minimum Gasteiger partial charge on any atom is -0.357 e.